The zero-order chi connectivity index (χ0) is 11.3. The molecule has 0 aliphatic carbocycles. The molecule has 1 aliphatic rings. The highest BCUT2D eigenvalue weighted by Crippen LogP contribution is 2.21. The van der Waals surface area contributed by atoms with Crippen LogP contribution in [0.1, 0.15) is 34.1 Å². The first-order valence-electron chi connectivity index (χ1n) is 6.52. The topological polar surface area (TPSA) is 15.3 Å². The van der Waals surface area contributed by atoms with E-state index in [0.29, 0.717) is 0 Å². The molecule has 0 aromatic heterocycles. The van der Waals surface area contributed by atoms with Gasteiger partial charge in [-0.2, -0.15) is 0 Å². The number of nitrogens with one attached hydrogen (secondary N) is 1. The zero-order valence-electron chi connectivity index (χ0n) is 10.9. The molecule has 1 fully saturated rings. The highest BCUT2D eigenvalue weighted by atomic mass is 15.1. The minimum absolute atomic E-state index is 0.769. The van der Waals surface area contributed by atoms with E-state index >= 15 is 0 Å². The van der Waals surface area contributed by atoms with Gasteiger partial charge in [-0.1, -0.05) is 27.7 Å². The molecule has 0 aromatic carbocycles. The van der Waals surface area contributed by atoms with Gasteiger partial charge in [0.25, 0.3) is 0 Å². The van der Waals surface area contributed by atoms with Gasteiger partial charge in [0.15, 0.2) is 0 Å². The lowest BCUT2D eigenvalue weighted by molar-refractivity contribution is 0.139. The van der Waals surface area contributed by atoms with E-state index in [-0.39, 0.29) is 0 Å². The lowest BCUT2D eigenvalue weighted by Crippen LogP contribution is -2.42. The molecule has 1 saturated heterocycles. The van der Waals surface area contributed by atoms with E-state index in [1.54, 1.807) is 0 Å². The predicted molar refractivity (Wildman–Crippen MR) is 67.1 cm³/mol. The lowest BCUT2D eigenvalue weighted by atomic mass is 9.89. The van der Waals surface area contributed by atoms with Gasteiger partial charge in [-0.15, -0.1) is 0 Å². The van der Waals surface area contributed by atoms with Gasteiger partial charge in [-0.3, -0.25) is 0 Å². The van der Waals surface area contributed by atoms with Crippen LogP contribution in [0.25, 0.3) is 0 Å². The van der Waals surface area contributed by atoms with E-state index in [1.807, 2.05) is 0 Å². The molecule has 0 aromatic rings. The van der Waals surface area contributed by atoms with E-state index < -0.39 is 0 Å². The number of hydrogen-bond donors (Lipinski definition) is 1. The molecule has 0 saturated carbocycles. The van der Waals surface area contributed by atoms with Crippen LogP contribution in [-0.2, 0) is 0 Å². The fourth-order valence-corrected chi connectivity index (χ4v) is 2.18. The average Bonchev–Trinajstić information content (AvgIpc) is 2.18. The summed E-state index contributed by atoms with van der Waals surface area (Å²) in [5.74, 6) is 2.57. The highest BCUT2D eigenvalue weighted by Gasteiger charge is 2.21. The van der Waals surface area contributed by atoms with Crippen molar-refractivity contribution in [1.82, 2.24) is 10.2 Å². The monoisotopic (exact) mass is 212 g/mol. The summed E-state index contributed by atoms with van der Waals surface area (Å²) >= 11 is 0. The molecule has 2 heteroatoms. The summed E-state index contributed by atoms with van der Waals surface area (Å²) in [6.45, 7) is 15.4. The molecule has 2 unspecified atom stereocenters. The molecular weight excluding hydrogens is 184 g/mol. The number of nitrogens with zero attached hydrogens (tertiary/aromatic N) is 1. The molecule has 2 nitrogen and oxygen atoms in total. The van der Waals surface area contributed by atoms with Gasteiger partial charge in [-0.25, -0.2) is 0 Å². The van der Waals surface area contributed by atoms with Gasteiger partial charge < -0.3 is 10.2 Å². The quantitative estimate of drug-likeness (QED) is 0.703. The van der Waals surface area contributed by atoms with Gasteiger partial charge in [0, 0.05) is 19.6 Å². The number of hydrogen-bond acceptors (Lipinski definition) is 2. The van der Waals surface area contributed by atoms with E-state index in [2.05, 4.69) is 37.9 Å². The lowest BCUT2D eigenvalue weighted by Gasteiger charge is -2.35. The first-order valence-corrected chi connectivity index (χ1v) is 6.52. The second-order valence-electron chi connectivity index (χ2n) is 5.64. The maximum absolute atomic E-state index is 3.52. The molecule has 15 heavy (non-hydrogen) atoms. The van der Waals surface area contributed by atoms with Crippen molar-refractivity contribution in [2.45, 2.75) is 34.1 Å². The van der Waals surface area contributed by atoms with Gasteiger partial charge >= 0.3 is 0 Å². The molecule has 0 radical (unpaired) electrons. The van der Waals surface area contributed by atoms with Crippen molar-refractivity contribution in [3.63, 3.8) is 0 Å². The summed E-state index contributed by atoms with van der Waals surface area (Å²) in [5, 5.41) is 3.52. The summed E-state index contributed by atoms with van der Waals surface area (Å²) in [7, 11) is 0. The Bertz CT molecular complexity index is 168. The van der Waals surface area contributed by atoms with Crippen molar-refractivity contribution >= 4 is 0 Å². The predicted octanol–water partition coefficient (Wildman–Crippen LogP) is 2.21. The third-order valence-electron chi connectivity index (χ3n) is 3.58. The van der Waals surface area contributed by atoms with Gasteiger partial charge in [0.05, 0.1) is 0 Å². The molecule has 1 heterocycles. The molecule has 2 atom stereocenters. The number of piperidine rings is 1. The minimum Gasteiger partial charge on any atom is -0.315 e. The molecule has 0 bridgehead atoms. The average molecular weight is 212 g/mol. The van der Waals surface area contributed by atoms with Crippen LogP contribution in [0.2, 0.25) is 0 Å². The van der Waals surface area contributed by atoms with Crippen molar-refractivity contribution in [2.75, 3.05) is 32.7 Å². The van der Waals surface area contributed by atoms with Crippen LogP contribution >= 0.6 is 0 Å². The van der Waals surface area contributed by atoms with Crippen LogP contribution in [0.3, 0.4) is 0 Å². The van der Waals surface area contributed by atoms with Crippen LogP contribution in [0.5, 0.6) is 0 Å². The number of rotatable bonds is 5. The Morgan fingerprint density at radius 3 is 2.60 bits per heavy atom. The van der Waals surface area contributed by atoms with Crippen molar-refractivity contribution in [3.8, 4) is 0 Å². The van der Waals surface area contributed by atoms with Gasteiger partial charge in [-0.05, 0) is 37.3 Å². The summed E-state index contributed by atoms with van der Waals surface area (Å²) in [6.07, 6.45) is 1.38. The Balaban J connectivity index is 2.07. The largest absolute Gasteiger partial charge is 0.315 e. The standard InChI is InChI=1S/C13H28N2/c1-11(2)9-14-6-8-15-7-5-12(3)13(4)10-15/h11-14H,5-10H2,1-4H3. The zero-order valence-corrected chi connectivity index (χ0v) is 10.9. The Labute approximate surface area is 95.4 Å². The van der Waals surface area contributed by atoms with Crippen molar-refractivity contribution in [3.05, 3.63) is 0 Å². The van der Waals surface area contributed by atoms with Crippen LogP contribution in [0.15, 0.2) is 0 Å². The molecule has 0 amide bonds. The smallest absolute Gasteiger partial charge is 0.0107 e. The maximum Gasteiger partial charge on any atom is 0.0107 e. The summed E-state index contributed by atoms with van der Waals surface area (Å²) < 4.78 is 0. The molecule has 0 spiro atoms. The van der Waals surface area contributed by atoms with Crippen LogP contribution in [0, 0.1) is 17.8 Å². The molecule has 1 rings (SSSR count). The second-order valence-corrected chi connectivity index (χ2v) is 5.64. The molecule has 1 N–H and O–H groups in total. The van der Waals surface area contributed by atoms with Crippen molar-refractivity contribution in [1.29, 1.82) is 0 Å². The second kappa shape index (κ2) is 6.49. The fourth-order valence-electron chi connectivity index (χ4n) is 2.18. The third-order valence-corrected chi connectivity index (χ3v) is 3.58. The molecule has 1 aliphatic heterocycles. The minimum atomic E-state index is 0.769. The van der Waals surface area contributed by atoms with Crippen molar-refractivity contribution < 1.29 is 0 Å². The van der Waals surface area contributed by atoms with E-state index in [1.165, 1.54) is 26.1 Å². The number of likely N-dealkylation sites (tertiary alicyclic amines) is 1. The fraction of sp³-hybridized carbons (Fsp3) is 1.00. The summed E-state index contributed by atoms with van der Waals surface area (Å²) in [6, 6.07) is 0. The first kappa shape index (κ1) is 13.0. The Morgan fingerprint density at radius 2 is 2.00 bits per heavy atom. The Hall–Kier alpha value is -0.0800. The van der Waals surface area contributed by atoms with Crippen LogP contribution in [-0.4, -0.2) is 37.6 Å². The molecule has 90 valence electrons. The SMILES string of the molecule is CC(C)CNCCN1CCC(C)C(C)C1. The van der Waals surface area contributed by atoms with Crippen LogP contribution in [0.4, 0.5) is 0 Å². The van der Waals surface area contributed by atoms with E-state index in [9.17, 15) is 0 Å². The van der Waals surface area contributed by atoms with Gasteiger partial charge in [0.1, 0.15) is 0 Å². The highest BCUT2D eigenvalue weighted by molar-refractivity contribution is 4.75. The Morgan fingerprint density at radius 1 is 1.27 bits per heavy atom. The summed E-state index contributed by atoms with van der Waals surface area (Å²) in [4.78, 5) is 2.61. The van der Waals surface area contributed by atoms with E-state index in [0.717, 1.165) is 30.8 Å². The Kier molecular flexibility index (Phi) is 5.62. The first-order chi connectivity index (χ1) is 7.09. The molecular formula is C13H28N2. The van der Waals surface area contributed by atoms with E-state index in [4.69, 9.17) is 0 Å². The van der Waals surface area contributed by atoms with Crippen molar-refractivity contribution in [2.24, 2.45) is 17.8 Å². The maximum atomic E-state index is 3.52. The third kappa shape index (κ3) is 4.98. The van der Waals surface area contributed by atoms with Gasteiger partial charge in [0.2, 0.25) is 0 Å². The summed E-state index contributed by atoms with van der Waals surface area (Å²) in [5.41, 5.74) is 0. The van der Waals surface area contributed by atoms with Crippen LogP contribution < -0.4 is 5.32 Å². The normalized spacial score (nSPS) is 28.6.